The third kappa shape index (κ3) is 5.97. The Balaban J connectivity index is 1.66. The van der Waals surface area contributed by atoms with Crippen LogP contribution < -0.4 is 10.1 Å². The quantitative estimate of drug-likeness (QED) is 0.463. The maximum Gasteiger partial charge on any atom is 0.124 e. The molecule has 3 rings (SSSR count). The fourth-order valence-electron chi connectivity index (χ4n) is 4.39. The van der Waals surface area contributed by atoms with Crippen LogP contribution in [0.25, 0.3) is 10.8 Å². The molecule has 1 fully saturated rings. The van der Waals surface area contributed by atoms with Crippen LogP contribution >= 0.6 is 0 Å². The smallest absolute Gasteiger partial charge is 0.124 e. The van der Waals surface area contributed by atoms with Crippen molar-refractivity contribution in [1.82, 2.24) is 5.32 Å². The molecule has 0 spiro atoms. The van der Waals surface area contributed by atoms with E-state index in [9.17, 15) is 0 Å². The van der Waals surface area contributed by atoms with Gasteiger partial charge in [0.15, 0.2) is 0 Å². The molecule has 2 aromatic carbocycles. The van der Waals surface area contributed by atoms with Crippen LogP contribution in [0.2, 0.25) is 0 Å². The molecule has 2 heteroatoms. The van der Waals surface area contributed by atoms with E-state index in [1.165, 1.54) is 67.7 Å². The minimum atomic E-state index is 0.648. The van der Waals surface area contributed by atoms with Crippen molar-refractivity contribution < 1.29 is 4.74 Å². The highest BCUT2D eigenvalue weighted by atomic mass is 16.5. The Morgan fingerprint density at radius 2 is 1.85 bits per heavy atom. The van der Waals surface area contributed by atoms with Gasteiger partial charge in [0, 0.05) is 18.2 Å². The molecule has 1 saturated carbocycles. The van der Waals surface area contributed by atoms with Crippen molar-refractivity contribution in [3.8, 4) is 5.75 Å². The molecular formula is C25H37NO. The second-order valence-electron chi connectivity index (χ2n) is 8.38. The summed E-state index contributed by atoms with van der Waals surface area (Å²) in [6.07, 6.45) is 11.7. The minimum absolute atomic E-state index is 0.648. The Bertz CT molecular complexity index is 696. The van der Waals surface area contributed by atoms with E-state index in [4.69, 9.17) is 4.74 Å². The zero-order valence-electron chi connectivity index (χ0n) is 17.3. The summed E-state index contributed by atoms with van der Waals surface area (Å²) >= 11 is 0. The summed E-state index contributed by atoms with van der Waals surface area (Å²) in [4.78, 5) is 0. The number of hydrogen-bond donors (Lipinski definition) is 1. The molecule has 2 atom stereocenters. The van der Waals surface area contributed by atoms with Gasteiger partial charge in [-0.15, -0.1) is 0 Å². The van der Waals surface area contributed by atoms with Crippen molar-refractivity contribution >= 4 is 10.8 Å². The van der Waals surface area contributed by atoms with Gasteiger partial charge in [-0.3, -0.25) is 0 Å². The Hall–Kier alpha value is -1.54. The van der Waals surface area contributed by atoms with E-state index in [2.05, 4.69) is 55.6 Å². The molecule has 0 saturated heterocycles. The van der Waals surface area contributed by atoms with Crippen molar-refractivity contribution in [1.29, 1.82) is 0 Å². The Labute approximate surface area is 165 Å². The van der Waals surface area contributed by atoms with Gasteiger partial charge < -0.3 is 10.1 Å². The lowest BCUT2D eigenvalue weighted by atomic mass is 9.87. The number of fused-ring (bicyclic) bond motifs is 1. The summed E-state index contributed by atoms with van der Waals surface area (Å²) in [7, 11) is 0. The van der Waals surface area contributed by atoms with Gasteiger partial charge in [-0.2, -0.15) is 0 Å². The van der Waals surface area contributed by atoms with Crippen LogP contribution in [0.3, 0.4) is 0 Å². The molecule has 2 nitrogen and oxygen atoms in total. The van der Waals surface area contributed by atoms with Gasteiger partial charge in [-0.1, -0.05) is 82.7 Å². The summed E-state index contributed by atoms with van der Waals surface area (Å²) in [6.45, 7) is 6.39. The molecule has 148 valence electrons. The number of benzene rings is 2. The molecule has 2 unspecified atom stereocenters. The molecule has 0 aliphatic heterocycles. The van der Waals surface area contributed by atoms with E-state index in [1.54, 1.807) is 0 Å². The third-order valence-electron chi connectivity index (χ3n) is 6.01. The van der Waals surface area contributed by atoms with Gasteiger partial charge >= 0.3 is 0 Å². The average Bonchev–Trinajstić information content (AvgIpc) is 2.69. The Kier molecular flexibility index (Phi) is 8.01. The predicted octanol–water partition coefficient (Wildman–Crippen LogP) is 6.86. The largest absolute Gasteiger partial charge is 0.493 e. The summed E-state index contributed by atoms with van der Waals surface area (Å²) in [5.74, 6) is 1.92. The highest BCUT2D eigenvalue weighted by Gasteiger charge is 2.19. The normalized spacial score (nSPS) is 20.1. The summed E-state index contributed by atoms with van der Waals surface area (Å²) in [6, 6.07) is 13.7. The molecule has 2 aromatic rings. The molecule has 0 amide bonds. The maximum absolute atomic E-state index is 6.25. The third-order valence-corrected chi connectivity index (χ3v) is 6.01. The molecular weight excluding hydrogens is 330 g/mol. The number of nitrogens with one attached hydrogen (secondary N) is 1. The maximum atomic E-state index is 6.25. The highest BCUT2D eigenvalue weighted by Crippen LogP contribution is 2.30. The van der Waals surface area contributed by atoms with Gasteiger partial charge in [0.1, 0.15) is 5.75 Å². The SMILES string of the molecule is CCCCCCCOc1ccc2ccccc2c1CNC1CCCC(C)C1. The second-order valence-corrected chi connectivity index (χ2v) is 8.38. The molecule has 27 heavy (non-hydrogen) atoms. The van der Waals surface area contributed by atoms with Crippen LogP contribution in [0.1, 0.15) is 77.2 Å². The lowest BCUT2D eigenvalue weighted by Crippen LogP contribution is -2.33. The average molecular weight is 368 g/mol. The lowest BCUT2D eigenvalue weighted by Gasteiger charge is -2.28. The molecule has 1 N–H and O–H groups in total. The van der Waals surface area contributed by atoms with E-state index in [0.29, 0.717) is 6.04 Å². The Morgan fingerprint density at radius 3 is 2.70 bits per heavy atom. The van der Waals surface area contributed by atoms with E-state index in [1.807, 2.05) is 0 Å². The molecule has 0 bridgehead atoms. The monoisotopic (exact) mass is 367 g/mol. The van der Waals surface area contributed by atoms with E-state index in [-0.39, 0.29) is 0 Å². The van der Waals surface area contributed by atoms with Gasteiger partial charge in [-0.05, 0) is 42.0 Å². The molecule has 1 aliphatic rings. The molecule has 0 aromatic heterocycles. The van der Waals surface area contributed by atoms with E-state index < -0.39 is 0 Å². The van der Waals surface area contributed by atoms with Crippen LogP contribution in [0, 0.1) is 5.92 Å². The summed E-state index contributed by atoms with van der Waals surface area (Å²) < 4.78 is 6.25. The first kappa shape index (κ1) is 20.2. The number of rotatable bonds is 10. The van der Waals surface area contributed by atoms with Gasteiger partial charge in [0.05, 0.1) is 6.61 Å². The first-order valence-corrected chi connectivity index (χ1v) is 11.1. The molecule has 1 aliphatic carbocycles. The lowest BCUT2D eigenvalue weighted by molar-refractivity contribution is 0.290. The van der Waals surface area contributed by atoms with Crippen molar-refractivity contribution in [2.24, 2.45) is 5.92 Å². The topological polar surface area (TPSA) is 21.3 Å². The van der Waals surface area contributed by atoms with Crippen LogP contribution in [-0.2, 0) is 6.54 Å². The first-order valence-electron chi connectivity index (χ1n) is 11.1. The number of hydrogen-bond acceptors (Lipinski definition) is 2. The van der Waals surface area contributed by atoms with Crippen molar-refractivity contribution in [2.45, 2.75) is 84.2 Å². The molecule has 0 heterocycles. The van der Waals surface area contributed by atoms with E-state index >= 15 is 0 Å². The molecule has 0 radical (unpaired) electrons. The fourth-order valence-corrected chi connectivity index (χ4v) is 4.39. The van der Waals surface area contributed by atoms with Crippen LogP contribution in [-0.4, -0.2) is 12.6 Å². The predicted molar refractivity (Wildman–Crippen MR) is 116 cm³/mol. The zero-order chi connectivity index (χ0) is 18.9. The van der Waals surface area contributed by atoms with Gasteiger partial charge in [-0.25, -0.2) is 0 Å². The van der Waals surface area contributed by atoms with Crippen LogP contribution in [0.5, 0.6) is 5.75 Å². The van der Waals surface area contributed by atoms with Crippen molar-refractivity contribution in [3.05, 3.63) is 42.0 Å². The summed E-state index contributed by atoms with van der Waals surface area (Å²) in [5, 5.41) is 6.48. The standard InChI is InChI=1S/C25H37NO/c1-3-4-5-6-9-17-27-25-16-15-21-12-7-8-14-23(21)24(25)19-26-22-13-10-11-20(2)18-22/h7-8,12,14-16,20,22,26H,3-6,9-11,13,17-19H2,1-2H3. The van der Waals surface area contributed by atoms with Crippen molar-refractivity contribution in [2.75, 3.05) is 6.61 Å². The second kappa shape index (κ2) is 10.7. The first-order chi connectivity index (χ1) is 13.3. The summed E-state index contributed by atoms with van der Waals surface area (Å²) in [5.41, 5.74) is 1.33. The Morgan fingerprint density at radius 1 is 1.00 bits per heavy atom. The van der Waals surface area contributed by atoms with Crippen molar-refractivity contribution in [3.63, 3.8) is 0 Å². The zero-order valence-corrected chi connectivity index (χ0v) is 17.3. The minimum Gasteiger partial charge on any atom is -0.493 e. The van der Waals surface area contributed by atoms with Gasteiger partial charge in [0.2, 0.25) is 0 Å². The van der Waals surface area contributed by atoms with Crippen LogP contribution in [0.15, 0.2) is 36.4 Å². The van der Waals surface area contributed by atoms with E-state index in [0.717, 1.165) is 31.2 Å². The van der Waals surface area contributed by atoms with Gasteiger partial charge in [0.25, 0.3) is 0 Å². The number of ether oxygens (including phenoxy) is 1. The fraction of sp³-hybridized carbons (Fsp3) is 0.600. The highest BCUT2D eigenvalue weighted by molar-refractivity contribution is 5.87. The number of unbranched alkanes of at least 4 members (excludes halogenated alkanes) is 4. The van der Waals surface area contributed by atoms with Crippen LogP contribution in [0.4, 0.5) is 0 Å².